The third kappa shape index (κ3) is 4.28. The van der Waals surface area contributed by atoms with Crippen LogP contribution >= 0.6 is 11.8 Å². The van der Waals surface area contributed by atoms with E-state index in [1.54, 1.807) is 11.5 Å². The van der Waals surface area contributed by atoms with Crippen molar-refractivity contribution in [2.75, 3.05) is 0 Å². The van der Waals surface area contributed by atoms with E-state index in [9.17, 15) is 13.2 Å². The second kappa shape index (κ2) is 8.94. The van der Waals surface area contributed by atoms with Crippen LogP contribution in [0.3, 0.4) is 0 Å². The van der Waals surface area contributed by atoms with E-state index in [-0.39, 0.29) is 11.1 Å². The lowest BCUT2D eigenvalue weighted by atomic mass is 9.94. The Balaban J connectivity index is 1.68. The highest BCUT2D eigenvalue weighted by Gasteiger charge is 2.16. The van der Waals surface area contributed by atoms with Crippen LogP contribution in [0.5, 0.6) is 0 Å². The number of nitriles is 1. The van der Waals surface area contributed by atoms with Crippen LogP contribution in [0.25, 0.3) is 33.4 Å². The Morgan fingerprint density at radius 2 is 1.16 bits per heavy atom. The largest absolute Gasteiger partial charge is 0.206 e. The summed E-state index contributed by atoms with van der Waals surface area (Å²) < 4.78 is 43.3. The predicted molar refractivity (Wildman–Crippen MR) is 124 cm³/mol. The molecule has 0 aromatic heterocycles. The number of hydrogen-bond acceptors (Lipinski definition) is 2. The molecular formula is C27H18F3NS. The molecule has 0 N–H and O–H groups in total. The molecule has 0 saturated heterocycles. The highest BCUT2D eigenvalue weighted by Crippen LogP contribution is 2.34. The van der Waals surface area contributed by atoms with Gasteiger partial charge in [0, 0.05) is 5.56 Å². The minimum atomic E-state index is -0.891. The van der Waals surface area contributed by atoms with Gasteiger partial charge < -0.3 is 0 Å². The number of benzene rings is 4. The number of nitrogens with zero attached hydrogens (tertiary/aromatic N) is 1. The molecule has 0 unspecified atom stereocenters. The molecule has 0 bridgehead atoms. The average Bonchev–Trinajstić information content (AvgIpc) is 2.77. The van der Waals surface area contributed by atoms with Crippen molar-refractivity contribution >= 4 is 11.8 Å². The van der Waals surface area contributed by atoms with Gasteiger partial charge in [0.1, 0.15) is 22.9 Å². The first-order valence-electron chi connectivity index (χ1n) is 9.90. The Kier molecular flexibility index (Phi) is 6.07. The molecule has 0 heterocycles. The smallest absolute Gasteiger partial charge is 0.141 e. The summed E-state index contributed by atoms with van der Waals surface area (Å²) in [5, 5.41) is 10.3. The van der Waals surface area contributed by atoms with E-state index in [1.165, 1.54) is 17.7 Å². The third-order valence-corrected chi connectivity index (χ3v) is 6.03. The van der Waals surface area contributed by atoms with Crippen molar-refractivity contribution in [3.05, 3.63) is 101 Å². The monoisotopic (exact) mass is 445 g/mol. The maximum Gasteiger partial charge on any atom is 0.141 e. The number of aryl methyl sites for hydroxylation is 2. The highest BCUT2D eigenvalue weighted by atomic mass is 32.2. The van der Waals surface area contributed by atoms with Gasteiger partial charge in [0.05, 0.1) is 4.90 Å². The first kappa shape index (κ1) is 21.7. The topological polar surface area (TPSA) is 23.8 Å². The van der Waals surface area contributed by atoms with Crippen LogP contribution in [0.2, 0.25) is 0 Å². The second-order valence-corrected chi connectivity index (χ2v) is 8.35. The van der Waals surface area contributed by atoms with Crippen molar-refractivity contribution in [3.63, 3.8) is 0 Å². The normalized spacial score (nSPS) is 10.8. The second-order valence-electron chi connectivity index (χ2n) is 7.55. The quantitative estimate of drug-likeness (QED) is 0.233. The standard InChI is InChI=1S/C27H18F3NS/c1-16-3-5-18(6-4-16)22-9-7-19(11-17(22)2)20-8-10-23(24(28)12-20)21-13-25(29)27(32-15-31)26(30)14-21/h3-14H,1-2H3. The lowest BCUT2D eigenvalue weighted by Crippen LogP contribution is -1.93. The predicted octanol–water partition coefficient (Wildman–Crippen LogP) is 8.29. The Morgan fingerprint density at radius 3 is 1.72 bits per heavy atom. The summed E-state index contributed by atoms with van der Waals surface area (Å²) in [7, 11) is 0. The van der Waals surface area contributed by atoms with E-state index in [0.29, 0.717) is 17.3 Å². The lowest BCUT2D eigenvalue weighted by molar-refractivity contribution is 0.541. The zero-order chi connectivity index (χ0) is 22.8. The van der Waals surface area contributed by atoms with E-state index < -0.39 is 22.3 Å². The fourth-order valence-electron chi connectivity index (χ4n) is 3.69. The SMILES string of the molecule is Cc1ccc(-c2ccc(-c3ccc(-c4cc(F)c(SC#N)c(F)c4)c(F)c3)cc2C)cc1. The molecule has 0 radical (unpaired) electrons. The summed E-state index contributed by atoms with van der Waals surface area (Å²) in [6.45, 7) is 4.05. The molecule has 32 heavy (non-hydrogen) atoms. The van der Waals surface area contributed by atoms with Gasteiger partial charge in [-0.15, -0.1) is 0 Å². The molecule has 0 amide bonds. The summed E-state index contributed by atoms with van der Waals surface area (Å²) >= 11 is 0.400. The van der Waals surface area contributed by atoms with Gasteiger partial charge in [0.15, 0.2) is 0 Å². The number of hydrogen-bond donors (Lipinski definition) is 0. The highest BCUT2D eigenvalue weighted by molar-refractivity contribution is 8.03. The van der Waals surface area contributed by atoms with Gasteiger partial charge in [0.25, 0.3) is 0 Å². The molecular weight excluding hydrogens is 427 g/mol. The minimum absolute atomic E-state index is 0.0808. The molecule has 4 aromatic carbocycles. The molecule has 158 valence electrons. The van der Waals surface area contributed by atoms with Crippen LogP contribution in [0.4, 0.5) is 13.2 Å². The lowest BCUT2D eigenvalue weighted by Gasteiger charge is -2.12. The Hall–Kier alpha value is -3.49. The molecule has 5 heteroatoms. The summed E-state index contributed by atoms with van der Waals surface area (Å²) in [6, 6.07) is 20.9. The number of thiocyanates is 1. The molecule has 0 aliphatic heterocycles. The molecule has 0 atom stereocenters. The minimum Gasteiger partial charge on any atom is -0.206 e. The molecule has 0 spiro atoms. The third-order valence-electron chi connectivity index (χ3n) is 5.35. The maximum atomic E-state index is 14.9. The summed E-state index contributed by atoms with van der Waals surface area (Å²) in [6.07, 6.45) is 0. The summed E-state index contributed by atoms with van der Waals surface area (Å²) in [5.41, 5.74) is 6.16. The van der Waals surface area contributed by atoms with Gasteiger partial charge in [-0.05, 0) is 77.2 Å². The van der Waals surface area contributed by atoms with Crippen LogP contribution in [0.15, 0.2) is 77.7 Å². The van der Waals surface area contributed by atoms with Gasteiger partial charge in [0.2, 0.25) is 0 Å². The van der Waals surface area contributed by atoms with Crippen molar-refractivity contribution in [2.24, 2.45) is 0 Å². The molecule has 4 rings (SSSR count). The molecule has 1 nitrogen and oxygen atoms in total. The average molecular weight is 446 g/mol. The first-order valence-corrected chi connectivity index (χ1v) is 10.7. The fourth-order valence-corrected chi connectivity index (χ4v) is 4.09. The molecule has 0 aliphatic rings. The fraction of sp³-hybridized carbons (Fsp3) is 0.0741. The van der Waals surface area contributed by atoms with Crippen molar-refractivity contribution in [1.29, 1.82) is 5.26 Å². The van der Waals surface area contributed by atoms with Crippen molar-refractivity contribution in [2.45, 2.75) is 18.7 Å². The Morgan fingerprint density at radius 1 is 0.625 bits per heavy atom. The van der Waals surface area contributed by atoms with E-state index in [4.69, 9.17) is 5.26 Å². The van der Waals surface area contributed by atoms with E-state index >= 15 is 0 Å². The molecule has 0 aliphatic carbocycles. The van der Waals surface area contributed by atoms with Crippen LogP contribution in [-0.4, -0.2) is 0 Å². The van der Waals surface area contributed by atoms with Crippen molar-refractivity contribution in [1.82, 2.24) is 0 Å². The Labute approximate surface area is 189 Å². The van der Waals surface area contributed by atoms with E-state index in [2.05, 4.69) is 24.3 Å². The van der Waals surface area contributed by atoms with E-state index in [0.717, 1.165) is 34.4 Å². The van der Waals surface area contributed by atoms with E-state index in [1.807, 2.05) is 32.0 Å². The maximum absolute atomic E-state index is 14.9. The summed E-state index contributed by atoms with van der Waals surface area (Å²) in [5.74, 6) is -2.36. The number of halogens is 3. The van der Waals surface area contributed by atoms with Crippen LogP contribution in [0.1, 0.15) is 11.1 Å². The van der Waals surface area contributed by atoms with Gasteiger partial charge in [-0.1, -0.05) is 60.2 Å². The van der Waals surface area contributed by atoms with Crippen LogP contribution in [-0.2, 0) is 0 Å². The first-order chi connectivity index (χ1) is 15.4. The van der Waals surface area contributed by atoms with Gasteiger partial charge >= 0.3 is 0 Å². The molecule has 0 saturated carbocycles. The van der Waals surface area contributed by atoms with Gasteiger partial charge in [-0.25, -0.2) is 13.2 Å². The summed E-state index contributed by atoms with van der Waals surface area (Å²) in [4.78, 5) is -0.391. The molecule has 0 fully saturated rings. The zero-order valence-electron chi connectivity index (χ0n) is 17.4. The van der Waals surface area contributed by atoms with Gasteiger partial charge in [-0.2, -0.15) is 5.26 Å². The zero-order valence-corrected chi connectivity index (χ0v) is 18.2. The van der Waals surface area contributed by atoms with Gasteiger partial charge in [-0.3, -0.25) is 0 Å². The Bertz CT molecular complexity index is 1330. The van der Waals surface area contributed by atoms with Crippen LogP contribution < -0.4 is 0 Å². The van der Waals surface area contributed by atoms with Crippen LogP contribution in [0, 0.1) is 42.0 Å². The van der Waals surface area contributed by atoms with Crippen molar-refractivity contribution < 1.29 is 13.2 Å². The molecule has 4 aromatic rings. The number of rotatable bonds is 4. The number of thioether (sulfide) groups is 1. The van der Waals surface area contributed by atoms with Crippen molar-refractivity contribution in [3.8, 4) is 38.8 Å².